The van der Waals surface area contributed by atoms with Crippen molar-refractivity contribution in [1.29, 1.82) is 0 Å². The van der Waals surface area contributed by atoms with Gasteiger partial charge in [0, 0.05) is 13.0 Å². The van der Waals surface area contributed by atoms with E-state index >= 15 is 0 Å². The third-order valence-electron chi connectivity index (χ3n) is 3.91. The lowest BCUT2D eigenvalue weighted by Gasteiger charge is -2.38. The summed E-state index contributed by atoms with van der Waals surface area (Å²) in [5, 5.41) is 10.4. The van der Waals surface area contributed by atoms with Crippen LogP contribution in [0.3, 0.4) is 0 Å². The minimum absolute atomic E-state index is 0.186. The Morgan fingerprint density at radius 2 is 1.55 bits per heavy atom. The average Bonchev–Trinajstić information content (AvgIpc) is 2.33. The van der Waals surface area contributed by atoms with Gasteiger partial charge in [-0.25, -0.2) is 0 Å². The molecule has 20 heavy (non-hydrogen) atoms. The zero-order valence-electron chi connectivity index (χ0n) is 13.9. The van der Waals surface area contributed by atoms with E-state index in [1.165, 1.54) is 11.1 Å². The van der Waals surface area contributed by atoms with Crippen LogP contribution in [-0.4, -0.2) is 27.1 Å². The molecule has 0 saturated heterocycles. The minimum atomic E-state index is -0.967. The summed E-state index contributed by atoms with van der Waals surface area (Å²) in [5.41, 5.74) is 4.30. The number of rotatable bonds is 7. The van der Waals surface area contributed by atoms with Crippen molar-refractivity contribution < 1.29 is 9.84 Å². The summed E-state index contributed by atoms with van der Waals surface area (Å²) in [4.78, 5) is 0. The van der Waals surface area contributed by atoms with Gasteiger partial charge in [-0.1, -0.05) is 38.8 Å². The number of aryl methyl sites for hydroxylation is 2. The molecule has 0 heterocycles. The Morgan fingerprint density at radius 1 is 1.05 bits per heavy atom. The van der Waals surface area contributed by atoms with E-state index in [9.17, 15) is 0 Å². The van der Waals surface area contributed by atoms with E-state index in [-0.39, 0.29) is 6.61 Å². The Hall–Kier alpha value is -0.803. The van der Waals surface area contributed by atoms with Gasteiger partial charge in [-0.05, 0) is 26.0 Å². The average molecular weight is 295 g/mol. The van der Waals surface area contributed by atoms with Crippen molar-refractivity contribution >= 4 is 14.0 Å². The molecule has 0 saturated carbocycles. The quantitative estimate of drug-likeness (QED) is 0.617. The maximum Gasteiger partial charge on any atom is 0.119 e. The van der Waals surface area contributed by atoms with Gasteiger partial charge in [0.1, 0.15) is 5.75 Å². The van der Waals surface area contributed by atoms with Gasteiger partial charge >= 0.3 is 0 Å². The standard InChI is InChI=1S/C17H30O2Si/c1-12(2)20(13(3)4)17-14(5)10-16(11-15(17)6)19-9-7-8-18/h10-13,18,20H,7-9H2,1-6H3/q-1. The maximum atomic E-state index is 8.82. The molecule has 0 spiro atoms. The summed E-state index contributed by atoms with van der Waals surface area (Å²) in [7, 11) is -0.967. The number of ether oxygens (including phenoxy) is 1. The lowest BCUT2D eigenvalue weighted by Crippen LogP contribution is -2.39. The molecule has 1 N–H and O–H groups in total. The molecule has 1 rings (SSSR count). The highest BCUT2D eigenvalue weighted by atomic mass is 28.3. The highest BCUT2D eigenvalue weighted by Gasteiger charge is 2.15. The molecule has 0 aromatic heterocycles. The molecule has 2 nitrogen and oxygen atoms in total. The highest BCUT2D eigenvalue weighted by molar-refractivity contribution is 6.76. The van der Waals surface area contributed by atoms with Gasteiger partial charge in [-0.3, -0.25) is 0 Å². The molecular formula is C17H30O2Si-. The highest BCUT2D eigenvalue weighted by Crippen LogP contribution is 2.24. The van der Waals surface area contributed by atoms with Crippen LogP contribution in [0.25, 0.3) is 0 Å². The molecule has 0 unspecified atom stereocenters. The molecule has 0 atom stereocenters. The molecule has 115 valence electrons. The maximum absolute atomic E-state index is 8.82. The van der Waals surface area contributed by atoms with Crippen molar-refractivity contribution in [3.63, 3.8) is 0 Å². The minimum Gasteiger partial charge on any atom is -0.493 e. The van der Waals surface area contributed by atoms with Crippen LogP contribution >= 0.6 is 0 Å². The number of benzene rings is 1. The van der Waals surface area contributed by atoms with Crippen LogP contribution in [-0.2, 0) is 0 Å². The van der Waals surface area contributed by atoms with E-state index < -0.39 is 8.80 Å². The summed E-state index contributed by atoms with van der Waals surface area (Å²) < 4.78 is 5.72. The number of aliphatic hydroxyl groups excluding tert-OH is 1. The van der Waals surface area contributed by atoms with Gasteiger partial charge in [0.05, 0.1) is 6.61 Å². The van der Waals surface area contributed by atoms with Gasteiger partial charge in [0.25, 0.3) is 0 Å². The molecule has 0 fully saturated rings. The summed E-state index contributed by atoms with van der Waals surface area (Å²) in [6.07, 6.45) is 0.690. The predicted octanol–water partition coefficient (Wildman–Crippen LogP) is 3.32. The Morgan fingerprint density at radius 3 is 1.95 bits per heavy atom. The summed E-state index contributed by atoms with van der Waals surface area (Å²) >= 11 is 0. The lowest BCUT2D eigenvalue weighted by atomic mass is 10.1. The third kappa shape index (κ3) is 4.35. The molecule has 0 amide bonds. The van der Waals surface area contributed by atoms with Crippen LogP contribution in [0.15, 0.2) is 12.1 Å². The summed E-state index contributed by atoms with van der Waals surface area (Å²) in [6.45, 7) is 14.7. The first-order valence-electron chi connectivity index (χ1n) is 7.73. The van der Waals surface area contributed by atoms with E-state index in [1.54, 1.807) is 5.19 Å². The Kier molecular flexibility index (Phi) is 6.76. The van der Waals surface area contributed by atoms with Crippen LogP contribution in [0.1, 0.15) is 45.2 Å². The molecule has 0 aliphatic heterocycles. The fourth-order valence-corrected chi connectivity index (χ4v) is 7.33. The summed E-state index contributed by atoms with van der Waals surface area (Å²) in [5.74, 6) is 0.942. The Labute approximate surface area is 125 Å². The number of hydrogen-bond donors (Lipinski definition) is 1. The van der Waals surface area contributed by atoms with Gasteiger partial charge < -0.3 is 9.84 Å². The van der Waals surface area contributed by atoms with Crippen molar-refractivity contribution in [3.05, 3.63) is 23.3 Å². The zero-order chi connectivity index (χ0) is 15.3. The molecule has 0 radical (unpaired) electrons. The predicted molar refractivity (Wildman–Crippen MR) is 90.1 cm³/mol. The van der Waals surface area contributed by atoms with Gasteiger partial charge in [-0.2, -0.15) is 5.19 Å². The van der Waals surface area contributed by atoms with Gasteiger partial charge in [0.2, 0.25) is 0 Å². The molecule has 3 heteroatoms. The number of hydrogen-bond acceptors (Lipinski definition) is 2. The van der Waals surface area contributed by atoms with E-state index in [4.69, 9.17) is 9.84 Å². The SMILES string of the molecule is Cc1cc(OCCCO)cc(C)c1[SiH-](C(C)C)C(C)C. The van der Waals surface area contributed by atoms with E-state index in [1.807, 2.05) is 0 Å². The van der Waals surface area contributed by atoms with Crippen LogP contribution in [0.2, 0.25) is 11.1 Å². The second-order valence-corrected chi connectivity index (χ2v) is 10.7. The van der Waals surface area contributed by atoms with Crippen molar-refractivity contribution in [3.8, 4) is 5.75 Å². The first-order valence-corrected chi connectivity index (χ1v) is 9.64. The van der Waals surface area contributed by atoms with E-state index in [2.05, 4.69) is 53.7 Å². The van der Waals surface area contributed by atoms with Crippen molar-refractivity contribution in [1.82, 2.24) is 0 Å². The van der Waals surface area contributed by atoms with Crippen molar-refractivity contribution in [2.45, 2.75) is 59.0 Å². The van der Waals surface area contributed by atoms with Crippen molar-refractivity contribution in [2.75, 3.05) is 13.2 Å². The molecule has 0 aliphatic rings. The Bertz CT molecular complexity index is 396. The third-order valence-corrected chi connectivity index (χ3v) is 8.36. The fourth-order valence-electron chi connectivity index (χ4n) is 3.24. The summed E-state index contributed by atoms with van der Waals surface area (Å²) in [6, 6.07) is 4.34. The second kappa shape index (κ2) is 7.84. The first-order chi connectivity index (χ1) is 9.38. The van der Waals surface area contributed by atoms with Crippen LogP contribution < -0.4 is 9.92 Å². The van der Waals surface area contributed by atoms with Gasteiger partial charge in [-0.15, -0.1) is 19.9 Å². The first kappa shape index (κ1) is 17.2. The number of aliphatic hydroxyl groups is 1. The van der Waals surface area contributed by atoms with E-state index in [0.29, 0.717) is 13.0 Å². The normalized spacial score (nSPS) is 11.7. The van der Waals surface area contributed by atoms with Crippen LogP contribution in [0.5, 0.6) is 5.75 Å². The van der Waals surface area contributed by atoms with Crippen molar-refractivity contribution in [2.24, 2.45) is 0 Å². The fraction of sp³-hybridized carbons (Fsp3) is 0.647. The van der Waals surface area contributed by atoms with Crippen LogP contribution in [0, 0.1) is 13.8 Å². The molecular weight excluding hydrogens is 264 g/mol. The molecule has 1 aromatic carbocycles. The monoisotopic (exact) mass is 294 g/mol. The zero-order valence-corrected chi connectivity index (χ0v) is 15.0. The molecule has 0 aliphatic carbocycles. The molecule has 1 aromatic rings. The Balaban J connectivity index is 3.04. The second-order valence-electron chi connectivity index (χ2n) is 6.41. The van der Waals surface area contributed by atoms with E-state index in [0.717, 1.165) is 16.8 Å². The largest absolute Gasteiger partial charge is 0.493 e. The van der Waals surface area contributed by atoms with Gasteiger partial charge in [0.15, 0.2) is 0 Å². The van der Waals surface area contributed by atoms with Crippen LogP contribution in [0.4, 0.5) is 0 Å². The topological polar surface area (TPSA) is 29.5 Å². The smallest absolute Gasteiger partial charge is 0.119 e. The molecule has 0 bridgehead atoms. The lowest BCUT2D eigenvalue weighted by molar-refractivity contribution is 0.233.